The standard InChI is InChI=1S/C14H26N4/c1-11-9-14(18(2)17-11)10-13(16-15)8-7-12-5-3-4-6-12/h9,12-13,16H,3-8,10,15H2,1-2H3. The maximum absolute atomic E-state index is 5.68. The summed E-state index contributed by atoms with van der Waals surface area (Å²) in [6, 6.07) is 2.53. The molecule has 4 heteroatoms. The first-order valence-corrected chi connectivity index (χ1v) is 7.14. The zero-order chi connectivity index (χ0) is 13.0. The number of hydrazine groups is 1. The summed E-state index contributed by atoms with van der Waals surface area (Å²) in [6.07, 6.45) is 9.14. The van der Waals surface area contributed by atoms with E-state index in [-0.39, 0.29) is 0 Å². The normalized spacial score (nSPS) is 18.4. The summed E-state index contributed by atoms with van der Waals surface area (Å²) in [5.74, 6) is 6.62. The van der Waals surface area contributed by atoms with Crippen molar-refractivity contribution in [3.63, 3.8) is 0 Å². The monoisotopic (exact) mass is 250 g/mol. The number of hydrogen-bond acceptors (Lipinski definition) is 3. The van der Waals surface area contributed by atoms with E-state index >= 15 is 0 Å². The van der Waals surface area contributed by atoms with Gasteiger partial charge in [0.15, 0.2) is 0 Å². The van der Waals surface area contributed by atoms with Gasteiger partial charge >= 0.3 is 0 Å². The van der Waals surface area contributed by atoms with Gasteiger partial charge in [-0.2, -0.15) is 5.10 Å². The topological polar surface area (TPSA) is 55.9 Å². The molecule has 0 saturated heterocycles. The Bertz CT molecular complexity index is 366. The van der Waals surface area contributed by atoms with E-state index in [1.54, 1.807) is 0 Å². The van der Waals surface area contributed by atoms with Gasteiger partial charge in [-0.15, -0.1) is 0 Å². The van der Waals surface area contributed by atoms with Crippen LogP contribution in [0.2, 0.25) is 0 Å². The Morgan fingerprint density at radius 3 is 2.78 bits per heavy atom. The third kappa shape index (κ3) is 3.56. The van der Waals surface area contributed by atoms with Crippen molar-refractivity contribution in [2.24, 2.45) is 18.8 Å². The first kappa shape index (κ1) is 13.6. The SMILES string of the molecule is Cc1cc(CC(CCC2CCCC2)NN)n(C)n1. The van der Waals surface area contributed by atoms with Gasteiger partial charge in [-0.25, -0.2) is 0 Å². The molecule has 1 aliphatic carbocycles. The Morgan fingerprint density at radius 1 is 1.50 bits per heavy atom. The molecule has 0 aromatic carbocycles. The number of nitrogens with zero attached hydrogens (tertiary/aromatic N) is 2. The van der Waals surface area contributed by atoms with Crippen molar-refractivity contribution >= 4 is 0 Å². The van der Waals surface area contributed by atoms with Crippen LogP contribution >= 0.6 is 0 Å². The van der Waals surface area contributed by atoms with Crippen LogP contribution in [0.1, 0.15) is 49.9 Å². The lowest BCUT2D eigenvalue weighted by Gasteiger charge is -2.18. The molecular formula is C14H26N4. The van der Waals surface area contributed by atoms with Gasteiger partial charge in [-0.1, -0.05) is 25.7 Å². The molecule has 1 aromatic heterocycles. The lowest BCUT2D eigenvalue weighted by atomic mass is 9.96. The van der Waals surface area contributed by atoms with E-state index in [4.69, 9.17) is 5.84 Å². The lowest BCUT2D eigenvalue weighted by Crippen LogP contribution is -2.37. The van der Waals surface area contributed by atoms with Crippen LogP contribution in [0.4, 0.5) is 0 Å². The van der Waals surface area contributed by atoms with Gasteiger partial charge in [0.05, 0.1) is 5.69 Å². The quantitative estimate of drug-likeness (QED) is 0.600. The molecule has 1 aliphatic rings. The summed E-state index contributed by atoms with van der Waals surface area (Å²) in [5.41, 5.74) is 5.32. The highest BCUT2D eigenvalue weighted by Gasteiger charge is 2.18. The summed E-state index contributed by atoms with van der Waals surface area (Å²) >= 11 is 0. The molecule has 0 aliphatic heterocycles. The fourth-order valence-corrected chi connectivity index (χ4v) is 3.09. The molecule has 1 saturated carbocycles. The minimum absolute atomic E-state index is 0.375. The molecule has 2 rings (SSSR count). The molecule has 0 radical (unpaired) electrons. The van der Waals surface area contributed by atoms with Crippen LogP contribution in [0, 0.1) is 12.8 Å². The number of nitrogens with two attached hydrogens (primary N) is 1. The second-order valence-electron chi connectivity index (χ2n) is 5.70. The Balaban J connectivity index is 1.82. The number of aryl methyl sites for hydroxylation is 2. The molecular weight excluding hydrogens is 224 g/mol. The van der Waals surface area contributed by atoms with Gasteiger partial charge in [0, 0.05) is 25.2 Å². The fourth-order valence-electron chi connectivity index (χ4n) is 3.09. The average Bonchev–Trinajstić information content (AvgIpc) is 2.95. The third-order valence-electron chi connectivity index (χ3n) is 4.19. The number of hydrogen-bond donors (Lipinski definition) is 2. The Morgan fingerprint density at radius 2 is 2.22 bits per heavy atom. The van der Waals surface area contributed by atoms with Crippen LogP contribution in [0.15, 0.2) is 6.07 Å². The molecule has 3 N–H and O–H groups in total. The maximum Gasteiger partial charge on any atom is 0.0596 e. The predicted octanol–water partition coefficient (Wildman–Crippen LogP) is 2.07. The molecule has 0 bridgehead atoms. The highest BCUT2D eigenvalue weighted by Crippen LogP contribution is 2.29. The highest BCUT2D eigenvalue weighted by atomic mass is 15.3. The van der Waals surface area contributed by atoms with E-state index < -0.39 is 0 Å². The predicted molar refractivity (Wildman–Crippen MR) is 74.0 cm³/mol. The Hall–Kier alpha value is -0.870. The average molecular weight is 250 g/mol. The van der Waals surface area contributed by atoms with Crippen molar-refractivity contribution in [2.75, 3.05) is 0 Å². The molecule has 1 atom stereocenters. The van der Waals surface area contributed by atoms with Crippen molar-refractivity contribution < 1.29 is 0 Å². The molecule has 1 heterocycles. The largest absolute Gasteiger partial charge is 0.272 e. The minimum Gasteiger partial charge on any atom is -0.272 e. The first-order valence-electron chi connectivity index (χ1n) is 7.14. The smallest absolute Gasteiger partial charge is 0.0596 e. The van der Waals surface area contributed by atoms with E-state index in [1.165, 1.54) is 44.2 Å². The van der Waals surface area contributed by atoms with Crippen LogP contribution in [0.3, 0.4) is 0 Å². The van der Waals surface area contributed by atoms with Gasteiger partial charge in [0.1, 0.15) is 0 Å². The fraction of sp³-hybridized carbons (Fsp3) is 0.786. The summed E-state index contributed by atoms with van der Waals surface area (Å²) in [4.78, 5) is 0. The van der Waals surface area contributed by atoms with Crippen LogP contribution in [0.5, 0.6) is 0 Å². The third-order valence-corrected chi connectivity index (χ3v) is 4.19. The van der Waals surface area contributed by atoms with Gasteiger partial charge in [0.25, 0.3) is 0 Å². The van der Waals surface area contributed by atoms with Crippen molar-refractivity contribution in [3.8, 4) is 0 Å². The molecule has 1 fully saturated rings. The summed E-state index contributed by atoms with van der Waals surface area (Å²) in [6.45, 7) is 2.03. The molecule has 1 unspecified atom stereocenters. The van der Waals surface area contributed by atoms with Crippen LogP contribution in [0.25, 0.3) is 0 Å². The van der Waals surface area contributed by atoms with Gasteiger partial charge in [-0.3, -0.25) is 16.0 Å². The second-order valence-corrected chi connectivity index (χ2v) is 5.70. The van der Waals surface area contributed by atoms with E-state index in [0.717, 1.165) is 18.0 Å². The molecule has 0 spiro atoms. The van der Waals surface area contributed by atoms with Gasteiger partial charge in [-0.05, 0) is 31.7 Å². The summed E-state index contributed by atoms with van der Waals surface area (Å²) < 4.78 is 1.97. The number of rotatable bonds is 6. The molecule has 1 aromatic rings. The van der Waals surface area contributed by atoms with Crippen LogP contribution < -0.4 is 11.3 Å². The minimum atomic E-state index is 0.375. The highest BCUT2D eigenvalue weighted by molar-refractivity contribution is 5.09. The van der Waals surface area contributed by atoms with E-state index in [9.17, 15) is 0 Å². The zero-order valence-corrected chi connectivity index (χ0v) is 11.7. The molecule has 18 heavy (non-hydrogen) atoms. The van der Waals surface area contributed by atoms with Gasteiger partial charge in [0.2, 0.25) is 0 Å². The lowest BCUT2D eigenvalue weighted by molar-refractivity contribution is 0.402. The van der Waals surface area contributed by atoms with E-state index in [1.807, 2.05) is 18.7 Å². The summed E-state index contributed by atoms with van der Waals surface area (Å²) in [5, 5.41) is 4.38. The van der Waals surface area contributed by atoms with E-state index in [0.29, 0.717) is 6.04 Å². The second kappa shape index (κ2) is 6.34. The van der Waals surface area contributed by atoms with Crippen LogP contribution in [-0.4, -0.2) is 15.8 Å². The van der Waals surface area contributed by atoms with Crippen molar-refractivity contribution in [2.45, 2.75) is 57.9 Å². The molecule has 102 valence electrons. The molecule has 0 amide bonds. The number of nitrogens with one attached hydrogen (secondary N) is 1. The van der Waals surface area contributed by atoms with Crippen molar-refractivity contribution in [3.05, 3.63) is 17.5 Å². The summed E-state index contributed by atoms with van der Waals surface area (Å²) in [7, 11) is 2.01. The number of aromatic nitrogens is 2. The van der Waals surface area contributed by atoms with Crippen molar-refractivity contribution in [1.82, 2.24) is 15.2 Å². The van der Waals surface area contributed by atoms with Crippen LogP contribution in [-0.2, 0) is 13.5 Å². The Kier molecular flexibility index (Phi) is 4.78. The van der Waals surface area contributed by atoms with Gasteiger partial charge < -0.3 is 0 Å². The zero-order valence-electron chi connectivity index (χ0n) is 11.7. The maximum atomic E-state index is 5.68. The van der Waals surface area contributed by atoms with E-state index in [2.05, 4.69) is 16.6 Å². The van der Waals surface area contributed by atoms with Crippen molar-refractivity contribution in [1.29, 1.82) is 0 Å². The molecule has 4 nitrogen and oxygen atoms in total. The Labute approximate surface area is 110 Å². The first-order chi connectivity index (χ1) is 8.69.